The molecule has 11 nitrogen and oxygen atoms in total. The average molecular weight is 380 g/mol. The van der Waals surface area contributed by atoms with Crippen LogP contribution in [0.5, 0.6) is 0 Å². The number of ether oxygens (including phenoxy) is 2. The molecule has 0 saturated heterocycles. The van der Waals surface area contributed by atoms with Crippen molar-refractivity contribution in [3.63, 3.8) is 0 Å². The van der Waals surface area contributed by atoms with E-state index >= 15 is 0 Å². The van der Waals surface area contributed by atoms with Crippen molar-refractivity contribution in [3.05, 3.63) is 16.7 Å². The van der Waals surface area contributed by atoms with Gasteiger partial charge in [0, 0.05) is 0 Å². The molecule has 6 N–H and O–H groups in total. The van der Waals surface area contributed by atoms with E-state index in [0.717, 1.165) is 19.3 Å². The number of nitrogens with zero attached hydrogens (tertiary/aromatic N) is 3. The highest BCUT2D eigenvalue weighted by Gasteiger charge is 2.37. The summed E-state index contributed by atoms with van der Waals surface area (Å²) in [6.45, 7) is -0.534. The molecule has 148 valence electrons. The van der Waals surface area contributed by atoms with Crippen LogP contribution in [0.2, 0.25) is 0 Å². The summed E-state index contributed by atoms with van der Waals surface area (Å²) in [6.07, 6.45) is 4.68. The van der Waals surface area contributed by atoms with Crippen LogP contribution in [-0.2, 0) is 21.0 Å². The number of nitrogens with two attached hydrogens (primary N) is 2. The first-order valence-corrected chi connectivity index (χ1v) is 8.82. The molecule has 0 unspecified atom stereocenters. The molecule has 27 heavy (non-hydrogen) atoms. The van der Waals surface area contributed by atoms with Gasteiger partial charge in [0.15, 0.2) is 11.2 Å². The minimum atomic E-state index is -0.957. The number of H-pyrrole nitrogens is 1. The van der Waals surface area contributed by atoms with Crippen LogP contribution in [0.3, 0.4) is 0 Å². The molecule has 0 aromatic carbocycles. The third-order valence-corrected chi connectivity index (χ3v) is 4.70. The maximum atomic E-state index is 12.3. The highest BCUT2D eigenvalue weighted by Crippen LogP contribution is 2.27. The quantitative estimate of drug-likeness (QED) is 0.451. The molecule has 1 aliphatic carbocycles. The van der Waals surface area contributed by atoms with Gasteiger partial charge < -0.3 is 26.0 Å². The molecule has 0 bridgehead atoms. The van der Waals surface area contributed by atoms with Crippen LogP contribution in [0.4, 0.5) is 5.95 Å². The van der Waals surface area contributed by atoms with Crippen LogP contribution in [0.15, 0.2) is 11.1 Å². The summed E-state index contributed by atoms with van der Waals surface area (Å²) in [5.74, 6) is -0.513. The van der Waals surface area contributed by atoms with Crippen molar-refractivity contribution < 1.29 is 19.4 Å². The van der Waals surface area contributed by atoms with Gasteiger partial charge in [0.2, 0.25) is 5.95 Å². The van der Waals surface area contributed by atoms with E-state index in [1.54, 1.807) is 0 Å². The van der Waals surface area contributed by atoms with Gasteiger partial charge in [-0.2, -0.15) is 4.98 Å². The van der Waals surface area contributed by atoms with Crippen LogP contribution in [0.25, 0.3) is 11.2 Å². The van der Waals surface area contributed by atoms with Crippen molar-refractivity contribution in [1.29, 1.82) is 0 Å². The lowest BCUT2D eigenvalue weighted by atomic mass is 9.83. The molecule has 2 aromatic rings. The summed E-state index contributed by atoms with van der Waals surface area (Å²) in [5, 5.41) is 9.48. The third-order valence-electron chi connectivity index (χ3n) is 4.70. The standard InChI is InChI=1S/C16H24N6O5/c17-15-20-12-11(13(24)21-15)19-8-22(12)9-27-10(6-23)7-26-14(25)16(18)4-2-1-3-5-16/h8,10,23H,1-7,9,18H2,(H3,17,20,21,24)/t10-/m1/s1. The number of aromatic amines is 1. The lowest BCUT2D eigenvalue weighted by molar-refractivity contribution is -0.158. The van der Waals surface area contributed by atoms with Crippen molar-refractivity contribution in [2.75, 3.05) is 18.9 Å². The van der Waals surface area contributed by atoms with Gasteiger partial charge >= 0.3 is 5.97 Å². The number of imidazole rings is 1. The number of nitrogen functional groups attached to an aromatic ring is 1. The van der Waals surface area contributed by atoms with Crippen LogP contribution < -0.4 is 17.0 Å². The molecule has 3 rings (SSSR count). The Morgan fingerprint density at radius 1 is 1.41 bits per heavy atom. The third kappa shape index (κ3) is 4.26. The summed E-state index contributed by atoms with van der Waals surface area (Å²) in [7, 11) is 0. The van der Waals surface area contributed by atoms with Gasteiger partial charge in [-0.3, -0.25) is 19.1 Å². The molecule has 0 aliphatic heterocycles. The Morgan fingerprint density at radius 3 is 2.85 bits per heavy atom. The Hall–Kier alpha value is -2.50. The van der Waals surface area contributed by atoms with Crippen molar-refractivity contribution in [2.45, 2.75) is 50.5 Å². The van der Waals surface area contributed by atoms with Gasteiger partial charge in [0.25, 0.3) is 5.56 Å². The monoisotopic (exact) mass is 380 g/mol. The van der Waals surface area contributed by atoms with E-state index in [1.807, 2.05) is 0 Å². The number of hydrogen-bond donors (Lipinski definition) is 4. The molecule has 1 saturated carbocycles. The van der Waals surface area contributed by atoms with Crippen molar-refractivity contribution in [3.8, 4) is 0 Å². The zero-order chi connectivity index (χ0) is 19.4. The summed E-state index contributed by atoms with van der Waals surface area (Å²) >= 11 is 0. The smallest absolute Gasteiger partial charge is 0.326 e. The molecule has 0 amide bonds. The fraction of sp³-hybridized carbons (Fsp3) is 0.625. The number of esters is 1. The fourth-order valence-corrected chi connectivity index (χ4v) is 3.10. The second-order valence-corrected chi connectivity index (χ2v) is 6.75. The maximum Gasteiger partial charge on any atom is 0.326 e. The van der Waals surface area contributed by atoms with E-state index in [9.17, 15) is 14.7 Å². The Morgan fingerprint density at radius 2 is 2.15 bits per heavy atom. The highest BCUT2D eigenvalue weighted by molar-refractivity contribution is 5.80. The number of rotatable bonds is 7. The van der Waals surface area contributed by atoms with E-state index < -0.39 is 23.2 Å². The number of hydrogen-bond acceptors (Lipinski definition) is 9. The zero-order valence-corrected chi connectivity index (χ0v) is 14.9. The largest absolute Gasteiger partial charge is 0.461 e. The topological polar surface area (TPSA) is 171 Å². The molecule has 1 aliphatic rings. The minimum Gasteiger partial charge on any atom is -0.461 e. The second-order valence-electron chi connectivity index (χ2n) is 6.75. The molecular weight excluding hydrogens is 356 g/mol. The predicted molar refractivity (Wildman–Crippen MR) is 95.5 cm³/mol. The molecule has 0 radical (unpaired) electrons. The van der Waals surface area contributed by atoms with Gasteiger partial charge in [0.1, 0.15) is 25.0 Å². The van der Waals surface area contributed by atoms with E-state index in [4.69, 9.17) is 20.9 Å². The van der Waals surface area contributed by atoms with Crippen LogP contribution in [0.1, 0.15) is 32.1 Å². The first-order valence-electron chi connectivity index (χ1n) is 8.82. The number of aliphatic hydroxyl groups is 1. The van der Waals surface area contributed by atoms with Gasteiger partial charge in [-0.05, 0) is 12.8 Å². The summed E-state index contributed by atoms with van der Waals surface area (Å²) in [5.41, 5.74) is 10.6. The molecule has 2 aromatic heterocycles. The Labute approximate surface area is 154 Å². The van der Waals surface area contributed by atoms with Gasteiger partial charge in [-0.25, -0.2) is 4.98 Å². The minimum absolute atomic E-state index is 0.0392. The zero-order valence-electron chi connectivity index (χ0n) is 14.9. The number of nitrogens with one attached hydrogen (secondary N) is 1. The van der Waals surface area contributed by atoms with E-state index in [1.165, 1.54) is 10.9 Å². The number of fused-ring (bicyclic) bond motifs is 1. The number of carbonyl (C=O) groups excluding carboxylic acids is 1. The molecule has 0 spiro atoms. The molecule has 2 heterocycles. The molecule has 11 heteroatoms. The number of aliphatic hydroxyl groups excluding tert-OH is 1. The highest BCUT2D eigenvalue weighted by atomic mass is 16.6. The van der Waals surface area contributed by atoms with Crippen LogP contribution >= 0.6 is 0 Å². The summed E-state index contributed by atoms with van der Waals surface area (Å²) < 4.78 is 12.3. The lowest BCUT2D eigenvalue weighted by Gasteiger charge is -2.31. The van der Waals surface area contributed by atoms with E-state index in [-0.39, 0.29) is 37.1 Å². The van der Waals surface area contributed by atoms with Crippen LogP contribution in [-0.4, -0.2) is 55.5 Å². The Kier molecular flexibility index (Phi) is 5.73. The van der Waals surface area contributed by atoms with E-state index in [0.29, 0.717) is 12.8 Å². The maximum absolute atomic E-state index is 12.3. The normalized spacial score (nSPS) is 17.7. The Balaban J connectivity index is 1.58. The Bertz CT molecular complexity index is 857. The van der Waals surface area contributed by atoms with Crippen molar-refractivity contribution in [2.24, 2.45) is 5.73 Å². The van der Waals surface area contributed by atoms with E-state index in [2.05, 4.69) is 15.0 Å². The fourth-order valence-electron chi connectivity index (χ4n) is 3.10. The first kappa shape index (κ1) is 19.3. The van der Waals surface area contributed by atoms with Crippen molar-refractivity contribution in [1.82, 2.24) is 19.5 Å². The van der Waals surface area contributed by atoms with Gasteiger partial charge in [0.05, 0.1) is 12.9 Å². The summed E-state index contributed by atoms with van der Waals surface area (Å²) in [6, 6.07) is 0. The summed E-state index contributed by atoms with van der Waals surface area (Å²) in [4.78, 5) is 34.4. The number of aromatic nitrogens is 4. The van der Waals surface area contributed by atoms with Gasteiger partial charge in [-0.15, -0.1) is 0 Å². The molecule has 1 atom stereocenters. The molecule has 1 fully saturated rings. The predicted octanol–water partition coefficient (Wildman–Crippen LogP) is -0.758. The van der Waals surface area contributed by atoms with Gasteiger partial charge in [-0.1, -0.05) is 19.3 Å². The second kappa shape index (κ2) is 8.03. The number of anilines is 1. The SMILES string of the molecule is Nc1nc2c(ncn2CO[C@H](CO)COC(=O)C2(N)CCCCC2)c(=O)[nH]1. The number of carbonyl (C=O) groups is 1. The van der Waals surface area contributed by atoms with Crippen LogP contribution in [0, 0.1) is 0 Å². The average Bonchev–Trinajstić information content (AvgIpc) is 3.05. The first-order chi connectivity index (χ1) is 12.9. The lowest BCUT2D eigenvalue weighted by Crippen LogP contribution is -2.51. The van der Waals surface area contributed by atoms with Crippen molar-refractivity contribution >= 4 is 23.1 Å². The molecular formula is C16H24N6O5.